The van der Waals surface area contributed by atoms with Crippen LogP contribution < -0.4 is 0 Å². The Balaban J connectivity index is 1.80. The molecular formula is C24H20BrNO3. The summed E-state index contributed by atoms with van der Waals surface area (Å²) in [7, 11) is 0. The number of ketones is 2. The van der Waals surface area contributed by atoms with Gasteiger partial charge >= 0.3 is 0 Å². The molecule has 2 aliphatic carbocycles. The highest BCUT2D eigenvalue weighted by molar-refractivity contribution is 9.10. The number of aromatic hydroxyl groups is 1. The van der Waals surface area contributed by atoms with Crippen molar-refractivity contribution >= 4 is 33.2 Å². The Labute approximate surface area is 177 Å². The van der Waals surface area contributed by atoms with Crippen LogP contribution in [0.1, 0.15) is 54.1 Å². The van der Waals surface area contributed by atoms with Gasteiger partial charge in [-0.3, -0.25) is 14.6 Å². The first-order chi connectivity index (χ1) is 13.8. The van der Waals surface area contributed by atoms with Crippen LogP contribution in [0.2, 0.25) is 0 Å². The van der Waals surface area contributed by atoms with Gasteiger partial charge in [-0.05, 0) is 30.0 Å². The second-order valence-corrected chi connectivity index (χ2v) is 9.78. The van der Waals surface area contributed by atoms with Gasteiger partial charge in [-0.25, -0.2) is 0 Å². The number of halogens is 1. The molecule has 2 atom stereocenters. The molecule has 0 bridgehead atoms. The maximum Gasteiger partial charge on any atom is 0.173 e. The molecule has 5 heteroatoms. The number of nitrogens with zero attached hydrogens (tertiary/aromatic N) is 1. The number of Topliss-reactive ketones (excluding diaryl/α,β-unsaturated/α-hetero) is 2. The second-order valence-electron chi connectivity index (χ2n) is 8.87. The summed E-state index contributed by atoms with van der Waals surface area (Å²) in [5, 5.41) is 10.7. The van der Waals surface area contributed by atoms with Gasteiger partial charge in [0.05, 0.1) is 11.6 Å². The fourth-order valence-electron chi connectivity index (χ4n) is 5.00. The monoisotopic (exact) mass is 449 g/mol. The van der Waals surface area contributed by atoms with Gasteiger partial charge in [-0.1, -0.05) is 54.0 Å². The average Bonchev–Trinajstić information content (AvgIpc) is 2.94. The number of carbonyl (C=O) groups excluding carboxylic acids is 2. The topological polar surface area (TPSA) is 66.7 Å². The molecule has 0 radical (unpaired) electrons. The Morgan fingerprint density at radius 1 is 1.03 bits per heavy atom. The van der Waals surface area contributed by atoms with Crippen molar-refractivity contribution in [3.05, 3.63) is 74.9 Å². The van der Waals surface area contributed by atoms with Crippen LogP contribution >= 0.6 is 15.9 Å². The number of benzene rings is 2. The lowest BCUT2D eigenvalue weighted by atomic mass is 9.66. The van der Waals surface area contributed by atoms with E-state index >= 15 is 0 Å². The van der Waals surface area contributed by atoms with Crippen LogP contribution in [-0.2, 0) is 4.79 Å². The molecule has 0 aromatic heterocycles. The van der Waals surface area contributed by atoms with E-state index in [1.54, 1.807) is 12.1 Å². The molecule has 4 nitrogen and oxygen atoms in total. The average molecular weight is 450 g/mol. The molecule has 1 N–H and O–H groups in total. The largest absolute Gasteiger partial charge is 0.508 e. The molecule has 0 saturated heterocycles. The standard InChI is InChI=1S/C24H20BrNO3/c1-24(2)10-16-20(18(28)11-24)19(15-9-12(25)7-8-17(15)27)21-22(26-16)13-5-3-4-6-14(13)23(21)29/h3-9,19,21,27H,10-11H2,1-2H3/t19-,21+/m0/s1. The molecule has 0 saturated carbocycles. The molecule has 29 heavy (non-hydrogen) atoms. The number of hydrogen-bond acceptors (Lipinski definition) is 4. The third-order valence-corrected chi connectivity index (χ3v) is 6.66. The van der Waals surface area contributed by atoms with Crippen LogP contribution in [-0.4, -0.2) is 22.4 Å². The Hall–Kier alpha value is -2.53. The van der Waals surface area contributed by atoms with Gasteiger partial charge in [0, 0.05) is 44.8 Å². The smallest absolute Gasteiger partial charge is 0.173 e. The van der Waals surface area contributed by atoms with E-state index in [1.807, 2.05) is 30.3 Å². The summed E-state index contributed by atoms with van der Waals surface area (Å²) in [6, 6.07) is 12.7. The van der Waals surface area contributed by atoms with Crippen LogP contribution in [0.4, 0.5) is 0 Å². The fraction of sp³-hybridized carbons (Fsp3) is 0.292. The summed E-state index contributed by atoms with van der Waals surface area (Å²) < 4.78 is 0.795. The van der Waals surface area contributed by atoms with Crippen LogP contribution in [0.15, 0.2) is 63.2 Å². The number of fused-ring (bicyclic) bond motifs is 3. The maximum atomic E-state index is 13.4. The first-order valence-corrected chi connectivity index (χ1v) is 10.5. The summed E-state index contributed by atoms with van der Waals surface area (Å²) in [5.74, 6) is -1.04. The number of aliphatic imine (C=N–C) groups is 1. The van der Waals surface area contributed by atoms with Crippen molar-refractivity contribution in [2.24, 2.45) is 16.3 Å². The third kappa shape index (κ3) is 2.75. The molecule has 0 spiro atoms. The van der Waals surface area contributed by atoms with Crippen LogP contribution in [0, 0.1) is 11.3 Å². The highest BCUT2D eigenvalue weighted by atomic mass is 79.9. The van der Waals surface area contributed by atoms with Crippen molar-refractivity contribution in [3.63, 3.8) is 0 Å². The number of allylic oxidation sites excluding steroid dienone is 2. The molecule has 0 amide bonds. The van der Waals surface area contributed by atoms with Gasteiger partial charge in [0.15, 0.2) is 11.6 Å². The summed E-state index contributed by atoms with van der Waals surface area (Å²) in [5.41, 5.74) is 3.96. The zero-order valence-electron chi connectivity index (χ0n) is 16.2. The Bertz CT molecular complexity index is 1160. The molecule has 3 aliphatic rings. The van der Waals surface area contributed by atoms with Crippen molar-refractivity contribution in [3.8, 4) is 5.75 Å². The third-order valence-electron chi connectivity index (χ3n) is 6.17. The van der Waals surface area contributed by atoms with Gasteiger partial charge in [0.25, 0.3) is 0 Å². The van der Waals surface area contributed by atoms with Crippen molar-refractivity contribution < 1.29 is 14.7 Å². The van der Waals surface area contributed by atoms with Crippen LogP contribution in [0.3, 0.4) is 0 Å². The lowest BCUT2D eigenvalue weighted by Gasteiger charge is -2.38. The minimum atomic E-state index is -0.587. The molecule has 1 aliphatic heterocycles. The van der Waals surface area contributed by atoms with Crippen LogP contribution in [0.25, 0.3) is 0 Å². The van der Waals surface area contributed by atoms with E-state index in [1.165, 1.54) is 0 Å². The molecule has 0 fully saturated rings. The summed E-state index contributed by atoms with van der Waals surface area (Å²) in [6.07, 6.45) is 1.09. The highest BCUT2D eigenvalue weighted by Crippen LogP contribution is 2.52. The Morgan fingerprint density at radius 3 is 2.52 bits per heavy atom. The van der Waals surface area contributed by atoms with Gasteiger partial charge in [0.2, 0.25) is 0 Å². The number of phenolic OH excluding ortho intramolecular Hbond substituents is 1. The summed E-state index contributed by atoms with van der Waals surface area (Å²) >= 11 is 3.47. The normalized spacial score (nSPS) is 24.7. The quantitative estimate of drug-likeness (QED) is 0.650. The van der Waals surface area contributed by atoms with Gasteiger partial charge in [0.1, 0.15) is 5.75 Å². The first kappa shape index (κ1) is 18.5. The van der Waals surface area contributed by atoms with Crippen molar-refractivity contribution in [1.29, 1.82) is 0 Å². The van der Waals surface area contributed by atoms with Crippen molar-refractivity contribution in [1.82, 2.24) is 0 Å². The summed E-state index contributed by atoms with van der Waals surface area (Å²) in [4.78, 5) is 31.6. The van der Waals surface area contributed by atoms with Gasteiger partial charge in [-0.2, -0.15) is 0 Å². The minimum Gasteiger partial charge on any atom is -0.508 e. The zero-order valence-corrected chi connectivity index (χ0v) is 17.8. The lowest BCUT2D eigenvalue weighted by molar-refractivity contribution is -0.118. The number of phenols is 1. The van der Waals surface area contributed by atoms with Crippen LogP contribution in [0.5, 0.6) is 5.75 Å². The number of hydrogen-bond donors (Lipinski definition) is 1. The lowest BCUT2D eigenvalue weighted by Crippen LogP contribution is -2.37. The molecular weight excluding hydrogens is 430 g/mol. The van der Waals surface area contributed by atoms with E-state index in [0.717, 1.165) is 21.4 Å². The number of carbonyl (C=O) groups is 2. The maximum absolute atomic E-state index is 13.4. The minimum absolute atomic E-state index is 0.0205. The molecule has 0 unspecified atom stereocenters. The highest BCUT2D eigenvalue weighted by Gasteiger charge is 2.50. The molecule has 5 rings (SSSR count). The van der Waals surface area contributed by atoms with Crippen molar-refractivity contribution in [2.45, 2.75) is 32.6 Å². The van der Waals surface area contributed by atoms with Gasteiger partial charge in [-0.15, -0.1) is 0 Å². The second kappa shape index (κ2) is 6.23. The zero-order chi connectivity index (χ0) is 20.5. The predicted molar refractivity (Wildman–Crippen MR) is 114 cm³/mol. The SMILES string of the molecule is CC1(C)CC(=O)C2=C(C1)N=C1c3ccccc3C(=O)[C@@H]1[C@H]2c1cc(Br)ccc1O. The Morgan fingerprint density at radius 2 is 1.76 bits per heavy atom. The molecule has 2 aromatic carbocycles. The molecule has 1 heterocycles. The van der Waals surface area contributed by atoms with E-state index in [9.17, 15) is 14.7 Å². The molecule has 146 valence electrons. The van der Waals surface area contributed by atoms with E-state index in [2.05, 4.69) is 29.8 Å². The summed E-state index contributed by atoms with van der Waals surface area (Å²) in [6.45, 7) is 4.14. The van der Waals surface area contributed by atoms with Gasteiger partial charge < -0.3 is 5.11 Å². The van der Waals surface area contributed by atoms with E-state index in [4.69, 9.17) is 4.99 Å². The van der Waals surface area contributed by atoms with Crippen molar-refractivity contribution in [2.75, 3.05) is 0 Å². The fourth-order valence-corrected chi connectivity index (χ4v) is 5.37. The van der Waals surface area contributed by atoms with E-state index < -0.39 is 11.8 Å². The van der Waals surface area contributed by atoms with E-state index in [-0.39, 0.29) is 22.7 Å². The number of rotatable bonds is 1. The predicted octanol–water partition coefficient (Wildman–Crippen LogP) is 5.20. The first-order valence-electron chi connectivity index (χ1n) is 9.74. The van der Waals surface area contributed by atoms with E-state index in [0.29, 0.717) is 29.5 Å². The Kier molecular flexibility index (Phi) is 3.97. The molecule has 2 aromatic rings.